The average molecular weight is 323 g/mol. The molecular formula is C17H20Cl2N2. The maximum absolute atomic E-state index is 6.32. The van der Waals surface area contributed by atoms with Crippen molar-refractivity contribution in [1.82, 2.24) is 4.90 Å². The van der Waals surface area contributed by atoms with Gasteiger partial charge in [-0.25, -0.2) is 0 Å². The molecule has 0 radical (unpaired) electrons. The van der Waals surface area contributed by atoms with Crippen molar-refractivity contribution in [3.05, 3.63) is 69.2 Å². The smallest absolute Gasteiger partial charge is 0.0640 e. The van der Waals surface area contributed by atoms with E-state index < -0.39 is 0 Å². The van der Waals surface area contributed by atoms with Crippen LogP contribution in [0.15, 0.2) is 42.5 Å². The SMILES string of the molecule is Cc1cccc(CN(C)C(CN)c2cccc(Cl)c2Cl)c1. The van der Waals surface area contributed by atoms with Gasteiger partial charge in [-0.3, -0.25) is 4.90 Å². The van der Waals surface area contributed by atoms with Crippen molar-refractivity contribution >= 4 is 23.2 Å². The van der Waals surface area contributed by atoms with E-state index in [1.54, 1.807) is 6.07 Å². The van der Waals surface area contributed by atoms with Gasteiger partial charge in [0.05, 0.1) is 10.0 Å². The number of aryl methyl sites for hydroxylation is 1. The standard InChI is InChI=1S/C17H20Cl2N2/c1-12-5-3-6-13(9-12)11-21(2)16(10-20)14-7-4-8-15(18)17(14)19/h3-9,16H,10-11,20H2,1-2H3. The van der Waals surface area contributed by atoms with Crippen molar-refractivity contribution in [2.45, 2.75) is 19.5 Å². The molecule has 2 aromatic carbocycles. The third kappa shape index (κ3) is 3.98. The van der Waals surface area contributed by atoms with Gasteiger partial charge < -0.3 is 5.73 Å². The van der Waals surface area contributed by atoms with E-state index in [2.05, 4.69) is 43.1 Å². The van der Waals surface area contributed by atoms with E-state index in [0.717, 1.165) is 12.1 Å². The molecule has 0 fully saturated rings. The molecule has 1 atom stereocenters. The van der Waals surface area contributed by atoms with Crippen LogP contribution in [-0.4, -0.2) is 18.5 Å². The van der Waals surface area contributed by atoms with E-state index in [0.29, 0.717) is 16.6 Å². The molecule has 0 saturated carbocycles. The quantitative estimate of drug-likeness (QED) is 0.882. The number of hydrogen-bond donors (Lipinski definition) is 1. The van der Waals surface area contributed by atoms with Gasteiger partial charge in [0.25, 0.3) is 0 Å². The van der Waals surface area contributed by atoms with Crippen LogP contribution in [0.3, 0.4) is 0 Å². The minimum absolute atomic E-state index is 0.0386. The zero-order valence-corrected chi connectivity index (χ0v) is 13.8. The Morgan fingerprint density at radius 1 is 1.14 bits per heavy atom. The molecular weight excluding hydrogens is 303 g/mol. The van der Waals surface area contributed by atoms with Crippen LogP contribution in [-0.2, 0) is 6.54 Å². The maximum atomic E-state index is 6.32. The monoisotopic (exact) mass is 322 g/mol. The molecule has 0 aliphatic carbocycles. The van der Waals surface area contributed by atoms with Crippen molar-refractivity contribution in [3.63, 3.8) is 0 Å². The molecule has 0 saturated heterocycles. The molecule has 21 heavy (non-hydrogen) atoms. The Bertz CT molecular complexity index is 613. The highest BCUT2D eigenvalue weighted by molar-refractivity contribution is 6.42. The molecule has 2 N–H and O–H groups in total. The molecule has 0 bridgehead atoms. The number of rotatable bonds is 5. The number of nitrogens with two attached hydrogens (primary N) is 1. The summed E-state index contributed by atoms with van der Waals surface area (Å²) in [6, 6.07) is 14.2. The molecule has 0 spiro atoms. The summed E-state index contributed by atoms with van der Waals surface area (Å²) in [4.78, 5) is 2.20. The summed E-state index contributed by atoms with van der Waals surface area (Å²) in [7, 11) is 2.05. The summed E-state index contributed by atoms with van der Waals surface area (Å²) in [5, 5.41) is 1.15. The van der Waals surface area contributed by atoms with E-state index in [9.17, 15) is 0 Å². The number of halogens is 2. The Morgan fingerprint density at radius 2 is 1.86 bits per heavy atom. The van der Waals surface area contributed by atoms with Gasteiger partial charge in [-0.15, -0.1) is 0 Å². The van der Waals surface area contributed by atoms with E-state index in [-0.39, 0.29) is 6.04 Å². The van der Waals surface area contributed by atoms with Gasteiger partial charge in [0.2, 0.25) is 0 Å². The van der Waals surface area contributed by atoms with Crippen LogP contribution in [0.2, 0.25) is 10.0 Å². The second-order valence-electron chi connectivity index (χ2n) is 5.30. The predicted octanol–water partition coefficient (Wildman–Crippen LogP) is 4.43. The molecule has 0 aromatic heterocycles. The molecule has 0 heterocycles. The van der Waals surface area contributed by atoms with Gasteiger partial charge in [-0.2, -0.15) is 0 Å². The number of nitrogens with zero attached hydrogens (tertiary/aromatic N) is 1. The lowest BCUT2D eigenvalue weighted by atomic mass is 10.0. The first-order valence-electron chi connectivity index (χ1n) is 6.92. The number of likely N-dealkylation sites (N-methyl/N-ethyl adjacent to an activating group) is 1. The van der Waals surface area contributed by atoms with Gasteiger partial charge in [0.15, 0.2) is 0 Å². The van der Waals surface area contributed by atoms with Crippen LogP contribution in [0.1, 0.15) is 22.7 Å². The lowest BCUT2D eigenvalue weighted by molar-refractivity contribution is 0.242. The van der Waals surface area contributed by atoms with Gasteiger partial charge in [0, 0.05) is 19.1 Å². The molecule has 112 valence electrons. The highest BCUT2D eigenvalue weighted by atomic mass is 35.5. The number of benzene rings is 2. The van der Waals surface area contributed by atoms with Crippen LogP contribution in [0.4, 0.5) is 0 Å². The predicted molar refractivity (Wildman–Crippen MR) is 90.9 cm³/mol. The Kier molecular flexibility index (Phi) is 5.65. The molecule has 4 heteroatoms. The van der Waals surface area contributed by atoms with Crippen molar-refractivity contribution in [2.24, 2.45) is 5.73 Å². The van der Waals surface area contributed by atoms with Crippen molar-refractivity contribution < 1.29 is 0 Å². The minimum atomic E-state index is 0.0386. The van der Waals surface area contributed by atoms with E-state index >= 15 is 0 Å². The summed E-state index contributed by atoms with van der Waals surface area (Å²) in [5.74, 6) is 0. The Morgan fingerprint density at radius 3 is 2.52 bits per heavy atom. The third-order valence-corrected chi connectivity index (χ3v) is 4.44. The van der Waals surface area contributed by atoms with E-state index in [1.165, 1.54) is 11.1 Å². The first-order chi connectivity index (χ1) is 10.0. The number of hydrogen-bond acceptors (Lipinski definition) is 2. The molecule has 0 amide bonds. The summed E-state index contributed by atoms with van der Waals surface area (Å²) < 4.78 is 0. The normalized spacial score (nSPS) is 12.7. The topological polar surface area (TPSA) is 29.3 Å². The Hall–Kier alpha value is -1.06. The summed E-state index contributed by atoms with van der Waals surface area (Å²) in [6.07, 6.45) is 0. The molecule has 2 nitrogen and oxygen atoms in total. The zero-order valence-electron chi connectivity index (χ0n) is 12.3. The minimum Gasteiger partial charge on any atom is -0.329 e. The molecule has 2 aromatic rings. The average Bonchev–Trinajstić information content (AvgIpc) is 2.44. The Labute approximate surface area is 136 Å². The highest BCUT2D eigenvalue weighted by Gasteiger charge is 2.19. The lowest BCUT2D eigenvalue weighted by Gasteiger charge is -2.28. The molecule has 0 aliphatic heterocycles. The van der Waals surface area contributed by atoms with Crippen LogP contribution in [0.25, 0.3) is 0 Å². The second-order valence-corrected chi connectivity index (χ2v) is 6.08. The van der Waals surface area contributed by atoms with Gasteiger partial charge in [-0.1, -0.05) is 65.2 Å². The Balaban J connectivity index is 2.22. The van der Waals surface area contributed by atoms with Crippen molar-refractivity contribution in [3.8, 4) is 0 Å². The zero-order chi connectivity index (χ0) is 15.4. The maximum Gasteiger partial charge on any atom is 0.0640 e. The molecule has 1 unspecified atom stereocenters. The van der Waals surface area contributed by atoms with Crippen molar-refractivity contribution in [2.75, 3.05) is 13.6 Å². The summed E-state index contributed by atoms with van der Waals surface area (Å²) >= 11 is 12.4. The van der Waals surface area contributed by atoms with Crippen LogP contribution in [0.5, 0.6) is 0 Å². The summed E-state index contributed by atoms with van der Waals surface area (Å²) in [5.41, 5.74) is 9.45. The first-order valence-corrected chi connectivity index (χ1v) is 7.68. The van der Waals surface area contributed by atoms with Crippen molar-refractivity contribution in [1.29, 1.82) is 0 Å². The fourth-order valence-corrected chi connectivity index (χ4v) is 2.96. The van der Waals surface area contributed by atoms with Crippen LogP contribution in [0, 0.1) is 6.92 Å². The largest absolute Gasteiger partial charge is 0.329 e. The van der Waals surface area contributed by atoms with E-state index in [4.69, 9.17) is 28.9 Å². The fourth-order valence-electron chi connectivity index (χ4n) is 2.53. The van der Waals surface area contributed by atoms with Gasteiger partial charge in [0.1, 0.15) is 0 Å². The molecule has 2 rings (SSSR count). The van der Waals surface area contributed by atoms with Gasteiger partial charge in [-0.05, 0) is 31.2 Å². The van der Waals surface area contributed by atoms with Gasteiger partial charge >= 0.3 is 0 Å². The van der Waals surface area contributed by atoms with E-state index in [1.807, 2.05) is 12.1 Å². The third-order valence-electron chi connectivity index (χ3n) is 3.61. The lowest BCUT2D eigenvalue weighted by Crippen LogP contribution is -2.30. The highest BCUT2D eigenvalue weighted by Crippen LogP contribution is 2.32. The van der Waals surface area contributed by atoms with Crippen LogP contribution >= 0.6 is 23.2 Å². The van der Waals surface area contributed by atoms with Crippen LogP contribution < -0.4 is 5.73 Å². The summed E-state index contributed by atoms with van der Waals surface area (Å²) in [6.45, 7) is 3.40. The first kappa shape index (κ1) is 16.3. The molecule has 0 aliphatic rings. The fraction of sp³-hybridized carbons (Fsp3) is 0.294. The second kappa shape index (κ2) is 7.28.